The number of methoxy groups -OCH3 is 1. The smallest absolute Gasteiger partial charge is 0.355 e. The monoisotopic (exact) mass is 468 g/mol. The highest BCUT2D eigenvalue weighted by Crippen LogP contribution is 2.36. The Hall–Kier alpha value is -2.82. The van der Waals surface area contributed by atoms with Gasteiger partial charge in [-0.2, -0.15) is 0 Å². The lowest BCUT2D eigenvalue weighted by molar-refractivity contribution is -2.00. The molecule has 2 aromatic carbocycles. The van der Waals surface area contributed by atoms with Crippen LogP contribution in [0.4, 0.5) is 0 Å². The van der Waals surface area contributed by atoms with E-state index >= 15 is 0 Å². The number of phenolic OH excluding ortho intramolecular Hbond substituents is 1. The highest BCUT2D eigenvalue weighted by Gasteiger charge is 2.20. The van der Waals surface area contributed by atoms with E-state index in [0.29, 0.717) is 19.0 Å². The van der Waals surface area contributed by atoms with Gasteiger partial charge < -0.3 is 19.0 Å². The molecule has 1 heterocycles. The van der Waals surface area contributed by atoms with Gasteiger partial charge in [0.1, 0.15) is 22.7 Å². The molecule has 3 aromatic rings. The van der Waals surface area contributed by atoms with Crippen LogP contribution in [0.2, 0.25) is 0 Å². The van der Waals surface area contributed by atoms with Crippen LogP contribution >= 0.6 is 0 Å². The summed E-state index contributed by atoms with van der Waals surface area (Å²) in [5.74, 6) is 2.82. The molecule has 3 rings (SSSR count). The van der Waals surface area contributed by atoms with E-state index in [0.717, 1.165) is 44.6 Å². The molecule has 0 unspecified atom stereocenters. The maximum Gasteiger partial charge on any atom is 0.355 e. The Morgan fingerprint density at radius 1 is 0.938 bits per heavy atom. The molecule has 0 atom stereocenters. The highest BCUT2D eigenvalue weighted by molar-refractivity contribution is 5.93. The number of benzene rings is 1. The lowest BCUT2D eigenvalue weighted by Gasteiger charge is -2.17. The first-order valence-corrected chi connectivity index (χ1v) is 10.9. The second kappa shape index (κ2) is 10.7. The van der Waals surface area contributed by atoms with Gasteiger partial charge in [-0.3, -0.25) is 4.42 Å². The molecule has 32 heavy (non-hydrogen) atoms. The molecule has 174 valence electrons. The summed E-state index contributed by atoms with van der Waals surface area (Å²) in [4.78, 5) is 0. The standard InChI is InChI=1S/C22H24O5.ClHO4/c1-6-25-19-11-16(15-8-9-17(23)18(10-15)24-5)12-20(26-7-2)22-14(4)27-13(3)21(19)22;2-1(3,4)5/h8-12H,6-7H2,1-5H3;(H,2,3,4,5). The second-order valence-electron chi connectivity index (χ2n) is 6.57. The molecule has 9 nitrogen and oxygen atoms in total. The van der Waals surface area contributed by atoms with E-state index in [-0.39, 0.29) is 5.75 Å². The molecule has 0 aliphatic carbocycles. The molecule has 0 bridgehead atoms. The summed E-state index contributed by atoms with van der Waals surface area (Å²) >= 11 is 0. The number of halogens is 1. The molecular weight excluding hydrogens is 444 g/mol. The fourth-order valence-corrected chi connectivity index (χ4v) is 3.31. The first-order chi connectivity index (χ1) is 15.0. The minimum Gasteiger partial charge on any atom is -0.504 e. The maximum absolute atomic E-state index is 9.92. The number of aryl methyl sites for hydroxylation is 2. The predicted molar refractivity (Wildman–Crippen MR) is 107 cm³/mol. The highest BCUT2D eigenvalue weighted by atomic mass is 35.7. The topological polar surface area (TPSA) is 155 Å². The molecule has 0 saturated heterocycles. The Morgan fingerprint density at radius 2 is 1.53 bits per heavy atom. The summed E-state index contributed by atoms with van der Waals surface area (Å²) in [7, 11) is -3.41. The van der Waals surface area contributed by atoms with E-state index in [4.69, 9.17) is 37.0 Å². The molecule has 0 aliphatic rings. The molecule has 0 saturated carbocycles. The second-order valence-corrected chi connectivity index (χ2v) is 7.32. The summed E-state index contributed by atoms with van der Waals surface area (Å²) < 4.78 is 57.0. The first kappa shape index (κ1) is 25.4. The summed E-state index contributed by atoms with van der Waals surface area (Å²) in [6.07, 6.45) is 0. The van der Waals surface area contributed by atoms with Gasteiger partial charge in [-0.25, -0.2) is 18.6 Å². The van der Waals surface area contributed by atoms with Crippen LogP contribution in [0.1, 0.15) is 25.4 Å². The molecule has 0 spiro atoms. The number of furan rings is 1. The molecule has 0 aliphatic heterocycles. The Morgan fingerprint density at radius 3 is 2.09 bits per heavy atom. The summed E-state index contributed by atoms with van der Waals surface area (Å²) in [6, 6.07) is 9.20. The molecule has 1 N–H and O–H groups in total. The van der Waals surface area contributed by atoms with Gasteiger partial charge in [0, 0.05) is 6.92 Å². The van der Waals surface area contributed by atoms with Crippen molar-refractivity contribution in [2.24, 2.45) is 0 Å². The van der Waals surface area contributed by atoms with Gasteiger partial charge in [0.2, 0.25) is 0 Å². The average molecular weight is 469 g/mol. The van der Waals surface area contributed by atoms with Crippen LogP contribution < -0.4 is 33.5 Å². The fourth-order valence-electron chi connectivity index (χ4n) is 3.31. The van der Waals surface area contributed by atoms with Crippen LogP contribution in [-0.2, 0) is 0 Å². The number of aromatic hydroxyl groups is 1. The van der Waals surface area contributed by atoms with Crippen molar-refractivity contribution in [1.29, 1.82) is 0 Å². The normalized spacial score (nSPS) is 11.8. The zero-order valence-electron chi connectivity index (χ0n) is 18.4. The summed E-state index contributed by atoms with van der Waals surface area (Å²) in [5, 5.41) is 11.7. The molecule has 10 heteroatoms. The largest absolute Gasteiger partial charge is 0.504 e. The Labute approximate surface area is 187 Å². The van der Waals surface area contributed by atoms with E-state index in [2.05, 4.69) is 0 Å². The van der Waals surface area contributed by atoms with Crippen LogP contribution in [0.25, 0.3) is 21.9 Å². The van der Waals surface area contributed by atoms with Crippen molar-refractivity contribution in [3.8, 4) is 28.4 Å². The number of rotatable bonds is 5. The van der Waals surface area contributed by atoms with Gasteiger partial charge in [0.15, 0.2) is 11.5 Å². The van der Waals surface area contributed by atoms with Gasteiger partial charge in [0.05, 0.1) is 25.2 Å². The van der Waals surface area contributed by atoms with Crippen molar-refractivity contribution in [2.75, 3.05) is 20.3 Å². The van der Waals surface area contributed by atoms with Crippen LogP contribution in [-0.4, -0.2) is 25.4 Å². The van der Waals surface area contributed by atoms with Gasteiger partial charge in [-0.15, -0.1) is 10.2 Å². The average Bonchev–Trinajstić information content (AvgIpc) is 2.88. The fraction of sp³-hybridized carbons (Fsp3) is 0.318. The molecule has 1 aromatic heterocycles. The SMILES string of the molecule is CCOc1cc(-c2ccc(O)c(OC)c2)cc(=[O+]CC)c2c(C)oc(C)c12.[O-][Cl+3]([O-])([O-])[O-]. The van der Waals surface area contributed by atoms with E-state index in [1.54, 1.807) is 12.1 Å². The van der Waals surface area contributed by atoms with Crippen molar-refractivity contribution in [1.82, 2.24) is 0 Å². The van der Waals surface area contributed by atoms with Crippen molar-refractivity contribution < 1.29 is 47.9 Å². The first-order valence-electron chi connectivity index (χ1n) is 9.65. The van der Waals surface area contributed by atoms with Crippen LogP contribution in [0.3, 0.4) is 0 Å². The third-order valence-corrected chi connectivity index (χ3v) is 4.44. The molecule has 0 radical (unpaired) electrons. The summed E-state index contributed by atoms with van der Waals surface area (Å²) in [6.45, 7) is 8.82. The third kappa shape index (κ3) is 6.35. The third-order valence-electron chi connectivity index (χ3n) is 4.44. The number of fused-ring (bicyclic) bond motifs is 1. The van der Waals surface area contributed by atoms with Crippen molar-refractivity contribution in [3.63, 3.8) is 0 Å². The van der Waals surface area contributed by atoms with Gasteiger partial charge in [-0.1, -0.05) is 6.07 Å². The number of ether oxygens (including phenoxy) is 2. The zero-order chi connectivity index (χ0) is 24.1. The minimum absolute atomic E-state index is 0.0980. The van der Waals surface area contributed by atoms with E-state index in [1.807, 2.05) is 45.9 Å². The van der Waals surface area contributed by atoms with E-state index in [1.165, 1.54) is 7.11 Å². The van der Waals surface area contributed by atoms with Crippen LogP contribution in [0.15, 0.2) is 39.2 Å². The quantitative estimate of drug-likeness (QED) is 0.512. The summed E-state index contributed by atoms with van der Waals surface area (Å²) in [5.41, 5.74) is 2.52. The lowest BCUT2D eigenvalue weighted by atomic mass is 10.1. The van der Waals surface area contributed by atoms with Crippen molar-refractivity contribution in [3.05, 3.63) is 51.7 Å². The van der Waals surface area contributed by atoms with Gasteiger partial charge >= 0.3 is 5.43 Å². The Bertz CT molecular complexity index is 1140. The molecule has 0 fully saturated rings. The minimum atomic E-state index is -4.94. The Kier molecular flexibility index (Phi) is 8.48. The van der Waals surface area contributed by atoms with Crippen LogP contribution in [0, 0.1) is 24.1 Å². The zero-order valence-corrected chi connectivity index (χ0v) is 19.1. The molecule has 0 amide bonds. The van der Waals surface area contributed by atoms with Crippen molar-refractivity contribution in [2.45, 2.75) is 27.7 Å². The van der Waals surface area contributed by atoms with E-state index in [9.17, 15) is 5.11 Å². The number of hydrogen-bond acceptors (Lipinski definition) is 8. The predicted octanol–water partition coefficient (Wildman–Crippen LogP) is -0.0107. The van der Waals surface area contributed by atoms with Gasteiger partial charge in [-0.05, 0) is 50.1 Å². The Balaban J connectivity index is 0.000000654. The van der Waals surface area contributed by atoms with Crippen molar-refractivity contribution >= 4 is 10.8 Å². The van der Waals surface area contributed by atoms with E-state index < -0.39 is 10.2 Å². The number of phenols is 1. The lowest BCUT2D eigenvalue weighted by Crippen LogP contribution is -2.68. The van der Waals surface area contributed by atoms with Crippen LogP contribution in [0.5, 0.6) is 17.2 Å². The number of hydrogen-bond donors (Lipinski definition) is 1. The van der Waals surface area contributed by atoms with Gasteiger partial charge in [0.25, 0.3) is 6.61 Å². The molecular formula is C22H25ClO9. The maximum atomic E-state index is 9.92.